The molecule has 7 heteroatoms. The lowest BCUT2D eigenvalue weighted by Crippen LogP contribution is -2.58. The Morgan fingerprint density at radius 2 is 1.33 bits per heavy atom. The maximum atomic E-state index is 13.8. The van der Waals surface area contributed by atoms with Gasteiger partial charge in [-0.05, 0) is 76.5 Å². The average molecular weight is 507 g/mol. The number of hydrogen-bond donors (Lipinski definition) is 2. The summed E-state index contributed by atoms with van der Waals surface area (Å²) in [5, 5.41) is 6.77. The number of hydrogen-bond acceptors (Lipinski definition) is 4. The van der Waals surface area contributed by atoms with Gasteiger partial charge in [-0.25, -0.2) is 0 Å². The largest absolute Gasteiger partial charge is 0.351 e. The Balaban J connectivity index is 2.17. The first kappa shape index (κ1) is 30.6. The third-order valence-electron chi connectivity index (χ3n) is 7.34. The number of rotatable bonds is 9. The van der Waals surface area contributed by atoms with Crippen molar-refractivity contribution in [1.82, 2.24) is 20.4 Å². The molecule has 2 unspecified atom stereocenters. The van der Waals surface area contributed by atoms with Crippen LogP contribution in [0.3, 0.4) is 0 Å². The third kappa shape index (κ3) is 8.46. The van der Waals surface area contributed by atoms with Crippen molar-refractivity contribution in [1.29, 1.82) is 0 Å². The van der Waals surface area contributed by atoms with Crippen LogP contribution in [0.4, 0.5) is 0 Å². The molecule has 2 fully saturated rings. The molecule has 0 saturated carbocycles. The Morgan fingerprint density at radius 1 is 0.806 bits per heavy atom. The number of carbonyl (C=O) groups excluding carboxylic acids is 3. The van der Waals surface area contributed by atoms with E-state index in [4.69, 9.17) is 0 Å². The van der Waals surface area contributed by atoms with E-state index in [1.54, 1.807) is 9.80 Å². The molecular formula is C29H54N4O3. The standard InChI is InChI=1S/C29H54N4O3/c1-19(2)17-21(31-29(8,9)10)26(35)33-16-12-14-23(33)27(36)32-15-11-13-22(32)25(34)30-24(18-20(3)4)28(5,6)7/h19-24,31H,11-18H2,1-10H3,(H,30,34)/t21-,22-,23?,24?/m0/s1. The number of amides is 3. The maximum absolute atomic E-state index is 13.8. The van der Waals surface area contributed by atoms with E-state index >= 15 is 0 Å². The van der Waals surface area contributed by atoms with Crippen LogP contribution >= 0.6 is 0 Å². The minimum atomic E-state index is -0.476. The van der Waals surface area contributed by atoms with Gasteiger partial charge < -0.3 is 20.4 Å². The van der Waals surface area contributed by atoms with Gasteiger partial charge in [-0.15, -0.1) is 0 Å². The molecule has 0 aromatic rings. The van der Waals surface area contributed by atoms with Gasteiger partial charge in [0, 0.05) is 24.7 Å². The van der Waals surface area contributed by atoms with E-state index in [2.05, 4.69) is 79.9 Å². The van der Waals surface area contributed by atoms with Crippen molar-refractivity contribution in [3.05, 3.63) is 0 Å². The highest BCUT2D eigenvalue weighted by molar-refractivity contribution is 5.94. The average Bonchev–Trinajstić information content (AvgIpc) is 3.39. The highest BCUT2D eigenvalue weighted by Gasteiger charge is 2.44. The molecule has 7 nitrogen and oxygen atoms in total. The monoisotopic (exact) mass is 506 g/mol. The summed E-state index contributed by atoms with van der Waals surface area (Å²) in [5.41, 5.74) is -0.264. The second-order valence-electron chi connectivity index (χ2n) is 14.0. The number of carbonyl (C=O) groups is 3. The topological polar surface area (TPSA) is 81.8 Å². The molecule has 2 aliphatic heterocycles. The second kappa shape index (κ2) is 12.3. The Morgan fingerprint density at radius 3 is 1.83 bits per heavy atom. The van der Waals surface area contributed by atoms with Crippen molar-refractivity contribution in [2.24, 2.45) is 17.3 Å². The molecular weight excluding hydrogens is 452 g/mol. The van der Waals surface area contributed by atoms with Gasteiger partial charge in [0.2, 0.25) is 17.7 Å². The second-order valence-corrected chi connectivity index (χ2v) is 14.0. The molecule has 208 valence electrons. The van der Waals surface area contributed by atoms with Crippen molar-refractivity contribution in [3.8, 4) is 0 Å². The fraction of sp³-hybridized carbons (Fsp3) is 0.897. The van der Waals surface area contributed by atoms with Gasteiger partial charge in [-0.2, -0.15) is 0 Å². The highest BCUT2D eigenvalue weighted by atomic mass is 16.2. The van der Waals surface area contributed by atoms with E-state index in [1.807, 2.05) is 0 Å². The SMILES string of the molecule is CC(C)CC(NC(=O)[C@@H]1CCCN1C(=O)C1CCCN1C(=O)[C@H](CC(C)C)NC(C)(C)C)C(C)(C)C. The highest BCUT2D eigenvalue weighted by Crippen LogP contribution is 2.29. The molecule has 0 bridgehead atoms. The fourth-order valence-electron chi connectivity index (χ4n) is 5.57. The summed E-state index contributed by atoms with van der Waals surface area (Å²) < 4.78 is 0. The van der Waals surface area contributed by atoms with Crippen molar-refractivity contribution >= 4 is 17.7 Å². The molecule has 2 rings (SSSR count). The van der Waals surface area contributed by atoms with Crippen molar-refractivity contribution in [3.63, 3.8) is 0 Å². The fourth-order valence-corrected chi connectivity index (χ4v) is 5.57. The summed E-state index contributed by atoms with van der Waals surface area (Å²) in [6, 6.07) is -1.20. The van der Waals surface area contributed by atoms with Gasteiger partial charge in [-0.1, -0.05) is 48.5 Å². The molecule has 36 heavy (non-hydrogen) atoms. The molecule has 2 saturated heterocycles. The van der Waals surface area contributed by atoms with Gasteiger partial charge in [0.15, 0.2) is 0 Å². The van der Waals surface area contributed by atoms with Gasteiger partial charge in [0.25, 0.3) is 0 Å². The number of nitrogens with zero attached hydrogens (tertiary/aromatic N) is 2. The lowest BCUT2D eigenvalue weighted by Gasteiger charge is -2.37. The predicted octanol–water partition coefficient (Wildman–Crippen LogP) is 4.35. The lowest BCUT2D eigenvalue weighted by molar-refractivity contribution is -0.148. The van der Waals surface area contributed by atoms with Crippen LogP contribution in [0.2, 0.25) is 0 Å². The quantitative estimate of drug-likeness (QED) is 0.487. The Hall–Kier alpha value is -1.63. The van der Waals surface area contributed by atoms with E-state index in [-0.39, 0.29) is 40.8 Å². The van der Waals surface area contributed by atoms with Gasteiger partial charge in [0.05, 0.1) is 6.04 Å². The zero-order valence-corrected chi connectivity index (χ0v) is 24.7. The summed E-state index contributed by atoms with van der Waals surface area (Å²) in [7, 11) is 0. The van der Waals surface area contributed by atoms with E-state index in [0.717, 1.165) is 25.7 Å². The Kier molecular flexibility index (Phi) is 10.4. The van der Waals surface area contributed by atoms with Crippen LogP contribution in [0.1, 0.15) is 108 Å². The van der Waals surface area contributed by atoms with Crippen LogP contribution in [0.25, 0.3) is 0 Å². The van der Waals surface area contributed by atoms with E-state index in [9.17, 15) is 14.4 Å². The summed E-state index contributed by atoms with van der Waals surface area (Å²) in [6.45, 7) is 22.4. The first-order valence-corrected chi connectivity index (χ1v) is 14.2. The Labute approximate surface area is 220 Å². The smallest absolute Gasteiger partial charge is 0.246 e. The van der Waals surface area contributed by atoms with Gasteiger partial charge >= 0.3 is 0 Å². The molecule has 3 amide bonds. The van der Waals surface area contributed by atoms with Crippen LogP contribution < -0.4 is 10.6 Å². The molecule has 2 aliphatic rings. The van der Waals surface area contributed by atoms with Crippen LogP contribution in [-0.4, -0.2) is 70.3 Å². The third-order valence-corrected chi connectivity index (χ3v) is 7.34. The molecule has 0 radical (unpaired) electrons. The molecule has 0 aromatic heterocycles. The summed E-state index contributed by atoms with van der Waals surface area (Å²) in [5.74, 6) is 0.728. The molecule has 2 N–H and O–H groups in total. The lowest BCUT2D eigenvalue weighted by atomic mass is 9.82. The first-order chi connectivity index (χ1) is 16.5. The van der Waals surface area contributed by atoms with Crippen LogP contribution in [0.5, 0.6) is 0 Å². The van der Waals surface area contributed by atoms with Crippen molar-refractivity contribution < 1.29 is 14.4 Å². The summed E-state index contributed by atoms with van der Waals surface area (Å²) in [4.78, 5) is 44.4. The van der Waals surface area contributed by atoms with Crippen molar-refractivity contribution in [2.45, 2.75) is 137 Å². The van der Waals surface area contributed by atoms with E-state index in [1.165, 1.54) is 0 Å². The molecule has 0 aliphatic carbocycles. The molecule has 0 aromatic carbocycles. The number of likely N-dealkylation sites (tertiary alicyclic amines) is 2. The number of nitrogens with one attached hydrogen (secondary N) is 2. The molecule has 2 heterocycles. The van der Waals surface area contributed by atoms with Crippen LogP contribution in [0.15, 0.2) is 0 Å². The summed E-state index contributed by atoms with van der Waals surface area (Å²) in [6.07, 6.45) is 4.61. The predicted molar refractivity (Wildman–Crippen MR) is 146 cm³/mol. The minimum absolute atomic E-state index is 0.0133. The van der Waals surface area contributed by atoms with Gasteiger partial charge in [0.1, 0.15) is 12.1 Å². The van der Waals surface area contributed by atoms with Crippen LogP contribution in [-0.2, 0) is 14.4 Å². The van der Waals surface area contributed by atoms with Gasteiger partial charge in [-0.3, -0.25) is 14.4 Å². The van der Waals surface area contributed by atoms with Crippen molar-refractivity contribution in [2.75, 3.05) is 13.1 Å². The first-order valence-electron chi connectivity index (χ1n) is 14.2. The van der Waals surface area contributed by atoms with E-state index < -0.39 is 12.1 Å². The molecule has 4 atom stereocenters. The van der Waals surface area contributed by atoms with E-state index in [0.29, 0.717) is 37.8 Å². The Bertz CT molecular complexity index is 765. The molecule has 0 spiro atoms. The van der Waals surface area contributed by atoms with Crippen LogP contribution in [0, 0.1) is 17.3 Å². The minimum Gasteiger partial charge on any atom is -0.351 e. The zero-order valence-electron chi connectivity index (χ0n) is 24.7. The maximum Gasteiger partial charge on any atom is 0.246 e. The zero-order chi connectivity index (χ0) is 27.4. The summed E-state index contributed by atoms with van der Waals surface area (Å²) >= 11 is 0. The normalized spacial score (nSPS) is 22.9.